The van der Waals surface area contributed by atoms with Gasteiger partial charge < -0.3 is 19.3 Å². The number of hydrogen-bond donors (Lipinski definition) is 0. The molecular weight excluding hydrogens is 394 g/mol. The monoisotopic (exact) mass is 421 g/mol. The molecule has 5 rings (SSSR count). The molecule has 3 aliphatic heterocycles. The molecule has 0 bridgehead atoms. The van der Waals surface area contributed by atoms with E-state index in [2.05, 4.69) is 29.2 Å². The van der Waals surface area contributed by atoms with Crippen molar-refractivity contribution in [2.75, 3.05) is 50.8 Å². The van der Waals surface area contributed by atoms with Gasteiger partial charge in [0.05, 0.1) is 5.92 Å². The van der Waals surface area contributed by atoms with E-state index >= 15 is 0 Å². The van der Waals surface area contributed by atoms with Crippen LogP contribution in [0, 0.1) is 5.92 Å². The van der Waals surface area contributed by atoms with Gasteiger partial charge in [0, 0.05) is 57.4 Å². The van der Waals surface area contributed by atoms with E-state index in [1.54, 1.807) is 4.90 Å². The van der Waals surface area contributed by atoms with Crippen molar-refractivity contribution >= 4 is 17.5 Å². The lowest BCUT2D eigenvalue weighted by atomic mass is 10.1. The number of nitrogens with zero attached hydrogens (tertiary/aromatic N) is 3. The van der Waals surface area contributed by atoms with Crippen LogP contribution in [0.4, 0.5) is 5.69 Å². The molecule has 0 aromatic heterocycles. The number of hydrogen-bond acceptors (Lipinski definition) is 5. The van der Waals surface area contributed by atoms with E-state index in [-0.39, 0.29) is 24.2 Å². The van der Waals surface area contributed by atoms with Crippen LogP contribution in [0.1, 0.15) is 12.0 Å². The predicted molar refractivity (Wildman–Crippen MR) is 116 cm³/mol. The van der Waals surface area contributed by atoms with Crippen molar-refractivity contribution in [3.8, 4) is 11.5 Å². The summed E-state index contributed by atoms with van der Waals surface area (Å²) in [5.74, 6) is 1.13. The Morgan fingerprint density at radius 1 is 0.935 bits per heavy atom. The molecule has 0 unspecified atom stereocenters. The number of benzene rings is 2. The van der Waals surface area contributed by atoms with Gasteiger partial charge in [-0.2, -0.15) is 0 Å². The highest BCUT2D eigenvalue weighted by molar-refractivity contribution is 6.00. The summed E-state index contributed by atoms with van der Waals surface area (Å²) in [5, 5.41) is 0. The standard InChI is InChI=1S/C24H27N3O4/c28-23-14-19(17-27(23)20-6-7-21-22(15-20)31-13-12-30-21)24(29)26-10-8-25(9-11-26)16-18-4-2-1-3-5-18/h1-7,15,19H,8-14,16-17H2/t19-/m0/s1. The van der Waals surface area contributed by atoms with Gasteiger partial charge in [0.1, 0.15) is 13.2 Å². The van der Waals surface area contributed by atoms with Crippen molar-refractivity contribution < 1.29 is 19.1 Å². The zero-order valence-corrected chi connectivity index (χ0v) is 17.5. The molecule has 2 aromatic carbocycles. The number of carbonyl (C=O) groups excluding carboxylic acids is 2. The minimum Gasteiger partial charge on any atom is -0.486 e. The van der Waals surface area contributed by atoms with Gasteiger partial charge in [-0.1, -0.05) is 30.3 Å². The predicted octanol–water partition coefficient (Wildman–Crippen LogP) is 2.16. The second-order valence-corrected chi connectivity index (χ2v) is 8.32. The molecule has 3 heterocycles. The highest BCUT2D eigenvalue weighted by Crippen LogP contribution is 2.36. The van der Waals surface area contributed by atoms with Crippen molar-refractivity contribution in [1.29, 1.82) is 0 Å². The van der Waals surface area contributed by atoms with E-state index in [9.17, 15) is 9.59 Å². The maximum absolute atomic E-state index is 13.1. The summed E-state index contributed by atoms with van der Waals surface area (Å²) in [6.45, 7) is 5.48. The van der Waals surface area contributed by atoms with Gasteiger partial charge in [0.2, 0.25) is 11.8 Å². The number of rotatable bonds is 4. The zero-order chi connectivity index (χ0) is 21.2. The Balaban J connectivity index is 1.18. The molecule has 0 aliphatic carbocycles. The van der Waals surface area contributed by atoms with Crippen molar-refractivity contribution in [3.63, 3.8) is 0 Å². The lowest BCUT2D eigenvalue weighted by Crippen LogP contribution is -2.50. The molecule has 7 heteroatoms. The van der Waals surface area contributed by atoms with Gasteiger partial charge in [-0.15, -0.1) is 0 Å². The average Bonchev–Trinajstić information content (AvgIpc) is 3.21. The molecule has 0 spiro atoms. The average molecular weight is 421 g/mol. The molecule has 2 aromatic rings. The number of piperazine rings is 1. The number of carbonyl (C=O) groups is 2. The van der Waals surface area contributed by atoms with E-state index in [1.165, 1.54) is 5.56 Å². The van der Waals surface area contributed by atoms with Crippen LogP contribution in [0.2, 0.25) is 0 Å². The SMILES string of the molecule is O=C([C@H]1CC(=O)N(c2ccc3c(c2)OCCO3)C1)N1CCN(Cc2ccccc2)CC1. The molecule has 31 heavy (non-hydrogen) atoms. The van der Waals surface area contributed by atoms with Gasteiger partial charge in [-0.05, 0) is 17.7 Å². The van der Waals surface area contributed by atoms with E-state index < -0.39 is 0 Å². The van der Waals surface area contributed by atoms with Crippen molar-refractivity contribution in [2.24, 2.45) is 5.92 Å². The van der Waals surface area contributed by atoms with Crippen LogP contribution < -0.4 is 14.4 Å². The highest BCUT2D eigenvalue weighted by Gasteiger charge is 2.38. The first-order valence-electron chi connectivity index (χ1n) is 10.9. The van der Waals surface area contributed by atoms with E-state index in [1.807, 2.05) is 29.2 Å². The fourth-order valence-electron chi connectivity index (χ4n) is 4.55. The summed E-state index contributed by atoms with van der Waals surface area (Å²) in [5.41, 5.74) is 2.05. The van der Waals surface area contributed by atoms with Gasteiger partial charge in [-0.3, -0.25) is 14.5 Å². The quantitative estimate of drug-likeness (QED) is 0.757. The topological polar surface area (TPSA) is 62.3 Å². The van der Waals surface area contributed by atoms with Gasteiger partial charge in [0.25, 0.3) is 0 Å². The molecule has 2 fully saturated rings. The molecule has 2 saturated heterocycles. The fraction of sp³-hybridized carbons (Fsp3) is 0.417. The number of ether oxygens (including phenoxy) is 2. The Morgan fingerprint density at radius 3 is 2.45 bits per heavy atom. The Hall–Kier alpha value is -3.06. The van der Waals surface area contributed by atoms with Crippen LogP contribution in [-0.4, -0.2) is 67.6 Å². The van der Waals surface area contributed by atoms with Gasteiger partial charge in [0.15, 0.2) is 11.5 Å². The third-order valence-electron chi connectivity index (χ3n) is 6.24. The second-order valence-electron chi connectivity index (χ2n) is 8.32. The Kier molecular flexibility index (Phi) is 5.51. The minimum atomic E-state index is -0.290. The lowest BCUT2D eigenvalue weighted by molar-refractivity contribution is -0.137. The molecule has 0 radical (unpaired) electrons. The van der Waals surface area contributed by atoms with E-state index in [0.717, 1.165) is 25.3 Å². The molecule has 1 atom stereocenters. The van der Waals surface area contributed by atoms with Crippen LogP contribution in [0.5, 0.6) is 11.5 Å². The summed E-state index contributed by atoms with van der Waals surface area (Å²) in [4.78, 5) is 31.8. The van der Waals surface area contributed by atoms with Crippen LogP contribution in [0.25, 0.3) is 0 Å². The molecule has 0 saturated carbocycles. The Morgan fingerprint density at radius 2 is 1.68 bits per heavy atom. The summed E-state index contributed by atoms with van der Waals surface area (Å²) in [6.07, 6.45) is 0.261. The van der Waals surface area contributed by atoms with E-state index in [4.69, 9.17) is 9.47 Å². The lowest BCUT2D eigenvalue weighted by Gasteiger charge is -2.36. The van der Waals surface area contributed by atoms with Crippen molar-refractivity contribution in [3.05, 3.63) is 54.1 Å². The summed E-state index contributed by atoms with van der Waals surface area (Å²) < 4.78 is 11.2. The third-order valence-corrected chi connectivity index (χ3v) is 6.24. The minimum absolute atomic E-state index is 0.0160. The number of fused-ring (bicyclic) bond motifs is 1. The maximum Gasteiger partial charge on any atom is 0.228 e. The number of amides is 2. The van der Waals surface area contributed by atoms with Crippen LogP contribution in [0.3, 0.4) is 0 Å². The normalized spacial score (nSPS) is 21.4. The molecule has 0 N–H and O–H groups in total. The molecular formula is C24H27N3O4. The molecule has 2 amide bonds. The van der Waals surface area contributed by atoms with Crippen LogP contribution in [-0.2, 0) is 16.1 Å². The maximum atomic E-state index is 13.1. The first-order chi connectivity index (χ1) is 15.2. The Labute approximate surface area is 182 Å². The Bertz CT molecular complexity index is 957. The highest BCUT2D eigenvalue weighted by atomic mass is 16.6. The fourth-order valence-corrected chi connectivity index (χ4v) is 4.55. The third kappa shape index (κ3) is 4.23. The summed E-state index contributed by atoms with van der Waals surface area (Å²) in [7, 11) is 0. The second kappa shape index (κ2) is 8.59. The first-order valence-corrected chi connectivity index (χ1v) is 10.9. The molecule has 162 valence electrons. The van der Waals surface area contributed by atoms with E-state index in [0.29, 0.717) is 44.3 Å². The van der Waals surface area contributed by atoms with Gasteiger partial charge >= 0.3 is 0 Å². The molecule has 3 aliphatic rings. The number of anilines is 1. The van der Waals surface area contributed by atoms with Crippen molar-refractivity contribution in [2.45, 2.75) is 13.0 Å². The zero-order valence-electron chi connectivity index (χ0n) is 17.5. The van der Waals surface area contributed by atoms with Crippen LogP contribution in [0.15, 0.2) is 48.5 Å². The summed E-state index contributed by atoms with van der Waals surface area (Å²) >= 11 is 0. The van der Waals surface area contributed by atoms with Gasteiger partial charge in [-0.25, -0.2) is 0 Å². The summed E-state index contributed by atoms with van der Waals surface area (Å²) in [6, 6.07) is 15.9. The van der Waals surface area contributed by atoms with Crippen LogP contribution >= 0.6 is 0 Å². The van der Waals surface area contributed by atoms with Crippen molar-refractivity contribution in [1.82, 2.24) is 9.80 Å². The first kappa shape index (κ1) is 19.9. The smallest absolute Gasteiger partial charge is 0.228 e. The molecule has 7 nitrogen and oxygen atoms in total. The largest absolute Gasteiger partial charge is 0.486 e.